The Morgan fingerprint density at radius 3 is 2.26 bits per heavy atom. The molecule has 2 fully saturated rings. The molecule has 54 heavy (non-hydrogen) atoms. The number of carboxylic acid groups (broad SMARTS) is 1. The molecule has 7 rings (SSSR count). The van der Waals surface area contributed by atoms with Crippen molar-refractivity contribution in [3.05, 3.63) is 76.3 Å². The molecule has 2 aliphatic rings. The van der Waals surface area contributed by atoms with Crippen LogP contribution in [0.2, 0.25) is 0 Å². The van der Waals surface area contributed by atoms with Crippen molar-refractivity contribution in [1.29, 1.82) is 0 Å². The van der Waals surface area contributed by atoms with Gasteiger partial charge in [-0.1, -0.05) is 30.3 Å². The lowest BCUT2D eigenvalue weighted by atomic mass is 9.91. The Balaban J connectivity index is 1.15. The molecule has 5 aromatic rings. The predicted molar refractivity (Wildman–Crippen MR) is 196 cm³/mol. The second-order valence-corrected chi connectivity index (χ2v) is 13.6. The number of likely N-dealkylation sites (tertiary alicyclic amines) is 2. The third-order valence-electron chi connectivity index (χ3n) is 10.3. The SMILES string of the molecule is COc1nc(OCc2cccc(-c3cccc(-c4nc5cc(CN6CCC[C@H]6C(=O)O)c(OC(F)F)cc5o4)c3C)c2C)nc(OC)c1CN1CCCC1. The molecule has 0 bridgehead atoms. The van der Waals surface area contributed by atoms with Crippen LogP contribution in [0.25, 0.3) is 33.7 Å². The fraction of sp³-hybridized carbons (Fsp3) is 0.400. The number of alkyl halides is 2. The Hall–Kier alpha value is -5.34. The normalized spacial score (nSPS) is 16.4. The minimum Gasteiger partial charge on any atom is -0.481 e. The van der Waals surface area contributed by atoms with Crippen molar-refractivity contribution < 1.29 is 42.0 Å². The highest BCUT2D eigenvalue weighted by molar-refractivity contribution is 5.82. The van der Waals surface area contributed by atoms with Crippen molar-refractivity contribution in [3.8, 4) is 46.1 Å². The first kappa shape index (κ1) is 37.0. The van der Waals surface area contributed by atoms with Gasteiger partial charge in [-0.2, -0.15) is 18.7 Å². The second kappa shape index (κ2) is 15.9. The number of aromatic nitrogens is 3. The summed E-state index contributed by atoms with van der Waals surface area (Å²) < 4.78 is 55.4. The number of carboxylic acids is 1. The number of halogens is 2. The molecule has 0 aliphatic carbocycles. The van der Waals surface area contributed by atoms with Gasteiger partial charge in [-0.15, -0.1) is 0 Å². The van der Waals surface area contributed by atoms with E-state index in [1.54, 1.807) is 25.2 Å². The average molecular weight is 744 g/mol. The molecule has 0 saturated carbocycles. The van der Waals surface area contributed by atoms with Crippen molar-refractivity contribution in [2.75, 3.05) is 33.9 Å². The van der Waals surface area contributed by atoms with Crippen molar-refractivity contribution in [3.63, 3.8) is 0 Å². The maximum absolute atomic E-state index is 13.5. The summed E-state index contributed by atoms with van der Waals surface area (Å²) in [5, 5.41) is 9.65. The molecule has 1 N–H and O–H groups in total. The lowest BCUT2D eigenvalue weighted by molar-refractivity contribution is -0.142. The molecular formula is C40H43F2N5O7. The van der Waals surface area contributed by atoms with Crippen LogP contribution in [0.3, 0.4) is 0 Å². The predicted octanol–water partition coefficient (Wildman–Crippen LogP) is 7.41. The lowest BCUT2D eigenvalue weighted by Crippen LogP contribution is -2.35. The van der Waals surface area contributed by atoms with Crippen LogP contribution < -0.4 is 18.9 Å². The van der Waals surface area contributed by atoms with Gasteiger partial charge in [-0.05, 0) is 99.1 Å². The zero-order valence-electron chi connectivity index (χ0n) is 30.7. The van der Waals surface area contributed by atoms with Crippen LogP contribution in [-0.2, 0) is 24.5 Å². The number of rotatable bonds is 14. The zero-order chi connectivity index (χ0) is 37.9. The van der Waals surface area contributed by atoms with Gasteiger partial charge in [0.15, 0.2) is 5.58 Å². The van der Waals surface area contributed by atoms with Crippen LogP contribution in [-0.4, -0.2) is 82.3 Å². The fourth-order valence-electron chi connectivity index (χ4n) is 7.52. The van der Waals surface area contributed by atoms with E-state index >= 15 is 0 Å². The number of hydrogen-bond acceptors (Lipinski definition) is 11. The van der Waals surface area contributed by atoms with E-state index in [1.807, 2.05) is 50.2 Å². The number of hydrogen-bond donors (Lipinski definition) is 1. The fourth-order valence-corrected chi connectivity index (χ4v) is 7.52. The van der Waals surface area contributed by atoms with E-state index < -0.39 is 18.6 Å². The first-order chi connectivity index (χ1) is 26.1. The van der Waals surface area contributed by atoms with E-state index in [1.165, 1.54) is 6.07 Å². The van der Waals surface area contributed by atoms with Gasteiger partial charge in [0.2, 0.25) is 17.7 Å². The van der Waals surface area contributed by atoms with Crippen molar-refractivity contribution in [2.24, 2.45) is 0 Å². The molecule has 4 heterocycles. The third-order valence-corrected chi connectivity index (χ3v) is 10.3. The Morgan fingerprint density at radius 2 is 1.57 bits per heavy atom. The average Bonchev–Trinajstić information content (AvgIpc) is 3.93. The van der Waals surface area contributed by atoms with E-state index in [0.717, 1.165) is 64.9 Å². The number of fused-ring (bicyclic) bond motifs is 1. The van der Waals surface area contributed by atoms with Gasteiger partial charge in [-0.25, -0.2) is 4.98 Å². The molecule has 0 radical (unpaired) electrons. The summed E-state index contributed by atoms with van der Waals surface area (Å²) in [6, 6.07) is 14.3. The van der Waals surface area contributed by atoms with Crippen LogP contribution in [0.1, 0.15) is 53.5 Å². The number of aliphatic carboxylic acids is 1. The van der Waals surface area contributed by atoms with Gasteiger partial charge in [0.25, 0.3) is 0 Å². The van der Waals surface area contributed by atoms with Crippen LogP contribution in [0.5, 0.6) is 23.5 Å². The molecule has 2 aliphatic heterocycles. The van der Waals surface area contributed by atoms with Crippen LogP contribution in [0.15, 0.2) is 52.9 Å². The van der Waals surface area contributed by atoms with Crippen LogP contribution in [0, 0.1) is 13.8 Å². The van der Waals surface area contributed by atoms with Gasteiger partial charge in [0.05, 0.1) is 19.8 Å². The first-order valence-electron chi connectivity index (χ1n) is 18.0. The highest BCUT2D eigenvalue weighted by atomic mass is 19.3. The van der Waals surface area contributed by atoms with E-state index in [4.69, 9.17) is 28.3 Å². The summed E-state index contributed by atoms with van der Waals surface area (Å²) in [4.78, 5) is 29.7. The lowest BCUT2D eigenvalue weighted by Gasteiger charge is -2.22. The summed E-state index contributed by atoms with van der Waals surface area (Å²) in [5.41, 5.74) is 7.44. The van der Waals surface area contributed by atoms with E-state index in [0.29, 0.717) is 54.7 Å². The van der Waals surface area contributed by atoms with Crippen molar-refractivity contribution in [2.45, 2.75) is 71.9 Å². The van der Waals surface area contributed by atoms with E-state index in [9.17, 15) is 18.7 Å². The molecule has 0 spiro atoms. The molecule has 2 aromatic heterocycles. The molecule has 3 aromatic carbocycles. The Labute approximate surface area is 311 Å². The highest BCUT2D eigenvalue weighted by Gasteiger charge is 2.31. The Bertz CT molecular complexity index is 2130. The zero-order valence-corrected chi connectivity index (χ0v) is 30.7. The summed E-state index contributed by atoms with van der Waals surface area (Å²) >= 11 is 0. The van der Waals surface area contributed by atoms with Gasteiger partial charge < -0.3 is 28.5 Å². The van der Waals surface area contributed by atoms with Gasteiger partial charge >= 0.3 is 18.6 Å². The van der Waals surface area contributed by atoms with Gasteiger partial charge in [0.1, 0.15) is 23.9 Å². The van der Waals surface area contributed by atoms with Crippen LogP contribution in [0.4, 0.5) is 8.78 Å². The largest absolute Gasteiger partial charge is 0.481 e. The van der Waals surface area contributed by atoms with Crippen molar-refractivity contribution >= 4 is 17.1 Å². The van der Waals surface area contributed by atoms with Crippen LogP contribution >= 0.6 is 0 Å². The summed E-state index contributed by atoms with van der Waals surface area (Å²) in [6.07, 6.45) is 3.52. The standard InChI is InChI=1S/C40H43F2N5O7/c1-23-25(22-52-40-44-35(50-3)30(36(45-40)51-4)21-46-15-5-6-16-46)10-7-11-27(23)28-12-8-13-29(24(28)2)37-43-31-18-26(20-47-17-9-14-32(47)38(48)49)33(54-39(41)42)19-34(31)53-37/h7-8,10-13,18-19,32,39H,5-6,9,14-17,20-22H2,1-4H3,(H,48,49)/t32-/m0/s1. The second-order valence-electron chi connectivity index (χ2n) is 13.6. The summed E-state index contributed by atoms with van der Waals surface area (Å²) in [5.74, 6) is 0.156. The smallest absolute Gasteiger partial charge is 0.387 e. The number of benzene rings is 3. The molecular weight excluding hydrogens is 700 g/mol. The van der Waals surface area contributed by atoms with Crippen molar-refractivity contribution in [1.82, 2.24) is 24.8 Å². The maximum atomic E-state index is 13.5. The number of oxazole rings is 1. The molecule has 0 amide bonds. The van der Waals surface area contributed by atoms with E-state index in [-0.39, 0.29) is 30.5 Å². The Morgan fingerprint density at radius 1 is 0.889 bits per heavy atom. The first-order valence-corrected chi connectivity index (χ1v) is 18.0. The van der Waals surface area contributed by atoms with Gasteiger partial charge in [0, 0.05) is 30.3 Å². The molecule has 14 heteroatoms. The summed E-state index contributed by atoms with van der Waals surface area (Å²) in [7, 11) is 3.15. The number of methoxy groups -OCH3 is 2. The van der Waals surface area contributed by atoms with Gasteiger partial charge in [-0.3, -0.25) is 14.6 Å². The Kier molecular flexibility index (Phi) is 10.9. The topological polar surface area (TPSA) is 133 Å². The van der Waals surface area contributed by atoms with E-state index in [2.05, 4.69) is 14.9 Å². The maximum Gasteiger partial charge on any atom is 0.387 e. The molecule has 1 atom stereocenters. The third kappa shape index (κ3) is 7.66. The minimum atomic E-state index is -3.07. The molecule has 284 valence electrons. The number of carbonyl (C=O) groups is 1. The molecule has 2 saturated heterocycles. The minimum absolute atomic E-state index is 0.0725. The molecule has 0 unspecified atom stereocenters. The summed E-state index contributed by atoms with van der Waals surface area (Å²) in [6.45, 7) is 4.47. The number of ether oxygens (including phenoxy) is 4. The quantitative estimate of drug-likeness (QED) is 0.121. The number of nitrogens with zero attached hydrogens (tertiary/aromatic N) is 5. The monoisotopic (exact) mass is 743 g/mol. The molecule has 12 nitrogen and oxygen atoms in total. The highest BCUT2D eigenvalue weighted by Crippen LogP contribution is 2.38.